The van der Waals surface area contributed by atoms with Crippen LogP contribution in [0.4, 0.5) is 0 Å². The van der Waals surface area contributed by atoms with Gasteiger partial charge in [0.05, 0.1) is 11.1 Å². The summed E-state index contributed by atoms with van der Waals surface area (Å²) in [6.45, 7) is 2.10. The summed E-state index contributed by atoms with van der Waals surface area (Å²) in [5, 5.41) is 9.79. The molecule has 2 aromatic rings. The van der Waals surface area contributed by atoms with Gasteiger partial charge in [0.15, 0.2) is 23.0 Å². The van der Waals surface area contributed by atoms with Crippen LogP contribution in [0.3, 0.4) is 0 Å². The molecule has 7 nitrogen and oxygen atoms in total. The summed E-state index contributed by atoms with van der Waals surface area (Å²) in [6.07, 6.45) is 0.527. The summed E-state index contributed by atoms with van der Waals surface area (Å²) in [4.78, 5) is 26.5. The highest BCUT2D eigenvalue weighted by atomic mass is 16.7. The number of carbonyl (C=O) groups is 2. The molecular formula is C24H18N2O5. The Balaban J connectivity index is 1.56. The van der Waals surface area contributed by atoms with E-state index in [9.17, 15) is 14.9 Å². The van der Waals surface area contributed by atoms with Crippen LogP contribution in [-0.2, 0) is 11.2 Å². The van der Waals surface area contributed by atoms with Gasteiger partial charge in [0.25, 0.3) is 0 Å². The monoisotopic (exact) mass is 414 g/mol. The molecule has 2 atom stereocenters. The van der Waals surface area contributed by atoms with Crippen molar-refractivity contribution in [1.82, 2.24) is 0 Å². The van der Waals surface area contributed by atoms with Crippen molar-refractivity contribution in [3.8, 4) is 17.6 Å². The Morgan fingerprint density at radius 1 is 1.10 bits per heavy atom. The summed E-state index contributed by atoms with van der Waals surface area (Å²) in [5.41, 5.74) is 7.92. The van der Waals surface area contributed by atoms with Crippen LogP contribution in [0.5, 0.6) is 11.5 Å². The molecule has 0 saturated heterocycles. The van der Waals surface area contributed by atoms with Crippen molar-refractivity contribution in [3.05, 3.63) is 81.9 Å². The molecule has 0 fully saturated rings. The Kier molecular flexibility index (Phi) is 4.29. The summed E-state index contributed by atoms with van der Waals surface area (Å²) in [7, 11) is 0. The molecule has 0 unspecified atom stereocenters. The number of hydrogen-bond acceptors (Lipinski definition) is 7. The smallest absolute Gasteiger partial charge is 0.231 e. The number of benzene rings is 2. The number of Topliss-reactive ketones (excluding diaryl/α,β-unsaturated/α-hetero) is 2. The van der Waals surface area contributed by atoms with Gasteiger partial charge in [0, 0.05) is 17.0 Å². The van der Waals surface area contributed by atoms with Crippen molar-refractivity contribution in [2.24, 2.45) is 17.6 Å². The van der Waals surface area contributed by atoms with Crippen LogP contribution in [0.25, 0.3) is 0 Å². The highest BCUT2D eigenvalue weighted by Gasteiger charge is 2.44. The second-order valence-electron chi connectivity index (χ2n) is 7.79. The van der Waals surface area contributed by atoms with Gasteiger partial charge in [0.1, 0.15) is 6.07 Å². The topological polar surface area (TPSA) is 112 Å². The van der Waals surface area contributed by atoms with Crippen LogP contribution < -0.4 is 15.2 Å². The standard InChI is InChI=1S/C24H18N2O5/c1-12(8-13-6-7-17-18(9-13)30-11-29-17)19-16(10-25)24(26)31-23-20(19)21(27)14-4-2-3-5-15(14)22(23)28/h2-7,9,12,19H,8,11,26H2,1H3/t12-,19-/m0/s1. The maximum Gasteiger partial charge on any atom is 0.231 e. The predicted octanol–water partition coefficient (Wildman–Crippen LogP) is 3.27. The molecule has 154 valence electrons. The molecule has 0 bridgehead atoms. The molecule has 2 heterocycles. The van der Waals surface area contributed by atoms with Crippen molar-refractivity contribution in [2.75, 3.05) is 6.79 Å². The molecule has 7 heteroatoms. The number of carbonyl (C=O) groups excluding carboxylic acids is 2. The Labute approximate surface area is 178 Å². The quantitative estimate of drug-likeness (QED) is 0.820. The number of ether oxygens (including phenoxy) is 3. The number of ketones is 2. The first kappa shape index (κ1) is 18.9. The van der Waals surface area contributed by atoms with Crippen LogP contribution in [0.2, 0.25) is 0 Å². The summed E-state index contributed by atoms with van der Waals surface area (Å²) in [6, 6.07) is 14.3. The number of allylic oxidation sites excluding steroid dienone is 3. The van der Waals surface area contributed by atoms with Gasteiger partial charge in [-0.15, -0.1) is 0 Å². The zero-order chi connectivity index (χ0) is 21.7. The minimum absolute atomic E-state index is 0.0808. The first-order chi connectivity index (χ1) is 15.0. The van der Waals surface area contributed by atoms with Gasteiger partial charge in [-0.2, -0.15) is 5.26 Å². The molecule has 0 spiro atoms. The van der Waals surface area contributed by atoms with Crippen LogP contribution in [0.1, 0.15) is 33.2 Å². The lowest BCUT2D eigenvalue weighted by atomic mass is 9.72. The van der Waals surface area contributed by atoms with E-state index in [1.165, 1.54) is 0 Å². The lowest BCUT2D eigenvalue weighted by Crippen LogP contribution is -2.36. The Bertz CT molecular complexity index is 1250. The molecule has 0 amide bonds. The normalized spacial score (nSPS) is 20.1. The lowest BCUT2D eigenvalue weighted by Gasteiger charge is -2.33. The predicted molar refractivity (Wildman–Crippen MR) is 109 cm³/mol. The van der Waals surface area contributed by atoms with E-state index in [1.807, 2.05) is 25.1 Å². The molecule has 5 rings (SSSR count). The second kappa shape index (κ2) is 7.03. The van der Waals surface area contributed by atoms with Gasteiger partial charge in [-0.3, -0.25) is 9.59 Å². The van der Waals surface area contributed by atoms with E-state index in [-0.39, 0.29) is 46.8 Å². The fourth-order valence-electron chi connectivity index (χ4n) is 4.47. The average Bonchev–Trinajstić information content (AvgIpc) is 3.24. The maximum atomic E-state index is 13.4. The fourth-order valence-corrected chi connectivity index (χ4v) is 4.47. The molecular weight excluding hydrogens is 396 g/mol. The number of fused-ring (bicyclic) bond motifs is 2. The van der Waals surface area contributed by atoms with E-state index in [0.29, 0.717) is 23.5 Å². The molecule has 2 N–H and O–H groups in total. The summed E-state index contributed by atoms with van der Waals surface area (Å²) >= 11 is 0. The SMILES string of the molecule is C[C@@H](Cc1ccc2c(c1)OCO2)[C@H]1C(C#N)=C(N)OC2=C1C(=O)c1ccccc1C2=O. The fraction of sp³-hybridized carbons (Fsp3) is 0.208. The average molecular weight is 414 g/mol. The number of nitrogens with two attached hydrogens (primary N) is 1. The van der Waals surface area contributed by atoms with E-state index < -0.39 is 11.7 Å². The molecule has 1 aliphatic carbocycles. The maximum absolute atomic E-state index is 13.4. The Hall–Kier alpha value is -4.05. The Morgan fingerprint density at radius 2 is 1.81 bits per heavy atom. The van der Waals surface area contributed by atoms with Gasteiger partial charge in [-0.05, 0) is 30.0 Å². The van der Waals surface area contributed by atoms with Crippen LogP contribution >= 0.6 is 0 Å². The van der Waals surface area contributed by atoms with Gasteiger partial charge in [0.2, 0.25) is 18.5 Å². The highest BCUT2D eigenvalue weighted by molar-refractivity contribution is 6.26. The number of nitrogens with zero attached hydrogens (tertiary/aromatic N) is 1. The summed E-state index contributed by atoms with van der Waals surface area (Å²) in [5.74, 6) is -0.470. The number of nitriles is 1. The number of hydrogen-bond donors (Lipinski definition) is 1. The first-order valence-corrected chi connectivity index (χ1v) is 9.88. The van der Waals surface area contributed by atoms with E-state index in [0.717, 1.165) is 5.56 Å². The van der Waals surface area contributed by atoms with Crippen LogP contribution in [-0.4, -0.2) is 18.4 Å². The van der Waals surface area contributed by atoms with Crippen molar-refractivity contribution >= 4 is 11.6 Å². The molecule has 0 saturated carbocycles. The second-order valence-corrected chi connectivity index (χ2v) is 7.79. The van der Waals surface area contributed by atoms with Gasteiger partial charge < -0.3 is 19.9 Å². The van der Waals surface area contributed by atoms with Gasteiger partial charge in [-0.25, -0.2) is 0 Å². The first-order valence-electron chi connectivity index (χ1n) is 9.88. The van der Waals surface area contributed by atoms with Crippen molar-refractivity contribution < 1.29 is 23.8 Å². The van der Waals surface area contributed by atoms with E-state index >= 15 is 0 Å². The molecule has 2 aromatic carbocycles. The minimum atomic E-state index is -0.663. The minimum Gasteiger partial charge on any atom is -0.454 e. The van der Waals surface area contributed by atoms with Gasteiger partial charge in [-0.1, -0.05) is 37.3 Å². The number of rotatable bonds is 3. The van der Waals surface area contributed by atoms with Crippen LogP contribution in [0.15, 0.2) is 65.3 Å². The van der Waals surface area contributed by atoms with Crippen molar-refractivity contribution in [3.63, 3.8) is 0 Å². The van der Waals surface area contributed by atoms with Crippen LogP contribution in [0, 0.1) is 23.2 Å². The van der Waals surface area contributed by atoms with E-state index in [1.54, 1.807) is 24.3 Å². The van der Waals surface area contributed by atoms with Crippen molar-refractivity contribution in [1.29, 1.82) is 5.26 Å². The third-order valence-electron chi connectivity index (χ3n) is 5.90. The molecule has 2 aliphatic heterocycles. The molecule has 0 aromatic heterocycles. The van der Waals surface area contributed by atoms with E-state index in [4.69, 9.17) is 19.9 Å². The highest BCUT2D eigenvalue weighted by Crippen LogP contribution is 2.43. The third-order valence-corrected chi connectivity index (χ3v) is 5.90. The summed E-state index contributed by atoms with van der Waals surface area (Å²) < 4.78 is 16.3. The zero-order valence-corrected chi connectivity index (χ0v) is 16.7. The third kappa shape index (κ3) is 2.88. The zero-order valence-electron chi connectivity index (χ0n) is 16.7. The molecule has 3 aliphatic rings. The molecule has 0 radical (unpaired) electrons. The Morgan fingerprint density at radius 3 is 2.55 bits per heavy atom. The lowest BCUT2D eigenvalue weighted by molar-refractivity contribution is 0.0883. The van der Waals surface area contributed by atoms with E-state index in [2.05, 4.69) is 6.07 Å². The van der Waals surface area contributed by atoms with Crippen molar-refractivity contribution in [2.45, 2.75) is 13.3 Å². The van der Waals surface area contributed by atoms with Gasteiger partial charge >= 0.3 is 0 Å². The largest absolute Gasteiger partial charge is 0.454 e. The molecule has 31 heavy (non-hydrogen) atoms.